The van der Waals surface area contributed by atoms with Crippen LogP contribution < -0.4 is 5.73 Å². The molecule has 3 rings (SSSR count). The second-order valence-corrected chi connectivity index (χ2v) is 9.82. The summed E-state index contributed by atoms with van der Waals surface area (Å²) in [7, 11) is -3.62. The lowest BCUT2D eigenvalue weighted by Gasteiger charge is -2.38. The molecule has 2 N–H and O–H groups in total. The van der Waals surface area contributed by atoms with Crippen molar-refractivity contribution in [2.45, 2.75) is 48.3 Å². The van der Waals surface area contributed by atoms with E-state index in [1.165, 1.54) is 13.5 Å². The summed E-state index contributed by atoms with van der Waals surface area (Å²) in [6.07, 6.45) is 3.77. The molecule has 138 valence electrons. The number of primary amides is 1. The van der Waals surface area contributed by atoms with E-state index in [-0.39, 0.29) is 0 Å². The quantitative estimate of drug-likeness (QED) is 0.841. The van der Waals surface area contributed by atoms with Gasteiger partial charge in [0.25, 0.3) is 10.2 Å². The molecule has 0 saturated carbocycles. The molecule has 0 aromatic heterocycles. The molecule has 0 unspecified atom stereocenters. The number of rotatable bonds is 5. The molecule has 2 fully saturated rings. The van der Waals surface area contributed by atoms with Gasteiger partial charge in [0.05, 0.1) is 0 Å². The van der Waals surface area contributed by atoms with Crippen LogP contribution in [0.2, 0.25) is 0 Å². The lowest BCUT2D eigenvalue weighted by atomic mass is 10.0. The molecule has 0 spiro atoms. The van der Waals surface area contributed by atoms with Gasteiger partial charge in [-0.1, -0.05) is 24.6 Å². The number of thioether (sulfide) groups is 1. The predicted molar refractivity (Wildman–Crippen MR) is 99.4 cm³/mol. The van der Waals surface area contributed by atoms with Crippen molar-refractivity contribution in [2.75, 3.05) is 19.6 Å². The number of hydrogen-bond donors (Lipinski definition) is 1. The second kappa shape index (κ2) is 8.07. The van der Waals surface area contributed by atoms with Crippen LogP contribution in [0.1, 0.15) is 32.1 Å². The zero-order valence-electron chi connectivity index (χ0n) is 14.2. The topological polar surface area (TPSA) is 83.7 Å². The fourth-order valence-corrected chi connectivity index (χ4v) is 6.49. The Morgan fingerprint density at radius 2 is 1.72 bits per heavy atom. The standard InChI is InChI=1S/C17H25N3O3S2/c18-17(21)16-8-4-5-11-20(16)25(22,23)19-12-9-15(10-13-19)24-14-6-2-1-3-7-14/h1-3,6-7,15-16H,4-5,8-13H2,(H2,18,21)/t16-/m0/s1. The molecule has 0 bridgehead atoms. The first kappa shape index (κ1) is 18.7. The summed E-state index contributed by atoms with van der Waals surface area (Å²) in [6, 6.07) is 9.49. The summed E-state index contributed by atoms with van der Waals surface area (Å²) in [5.41, 5.74) is 5.42. The largest absolute Gasteiger partial charge is 0.368 e. The van der Waals surface area contributed by atoms with Gasteiger partial charge in [-0.15, -0.1) is 11.8 Å². The Morgan fingerprint density at radius 3 is 2.36 bits per heavy atom. The average Bonchev–Trinajstić information content (AvgIpc) is 2.63. The molecule has 1 aromatic rings. The van der Waals surface area contributed by atoms with Crippen LogP contribution in [0.4, 0.5) is 0 Å². The summed E-state index contributed by atoms with van der Waals surface area (Å²) < 4.78 is 28.8. The Morgan fingerprint density at radius 1 is 1.04 bits per heavy atom. The van der Waals surface area contributed by atoms with Crippen LogP contribution in [-0.4, -0.2) is 53.9 Å². The van der Waals surface area contributed by atoms with Gasteiger partial charge in [-0.3, -0.25) is 4.79 Å². The molecule has 2 aliphatic heterocycles. The molecule has 2 saturated heterocycles. The second-order valence-electron chi connectivity index (χ2n) is 6.56. The van der Waals surface area contributed by atoms with Gasteiger partial charge in [-0.25, -0.2) is 0 Å². The van der Waals surface area contributed by atoms with Gasteiger partial charge in [-0.2, -0.15) is 17.0 Å². The van der Waals surface area contributed by atoms with Crippen molar-refractivity contribution in [2.24, 2.45) is 5.73 Å². The zero-order chi connectivity index (χ0) is 17.9. The van der Waals surface area contributed by atoms with E-state index in [4.69, 9.17) is 5.73 Å². The number of amides is 1. The smallest absolute Gasteiger partial charge is 0.282 e. The highest BCUT2D eigenvalue weighted by Crippen LogP contribution is 2.32. The van der Waals surface area contributed by atoms with Gasteiger partial charge in [0.2, 0.25) is 5.91 Å². The Hall–Kier alpha value is -1.09. The monoisotopic (exact) mass is 383 g/mol. The Bertz CT molecular complexity index is 688. The van der Waals surface area contributed by atoms with Crippen LogP contribution >= 0.6 is 11.8 Å². The van der Waals surface area contributed by atoms with Crippen molar-refractivity contribution in [3.63, 3.8) is 0 Å². The third-order valence-electron chi connectivity index (χ3n) is 4.85. The van der Waals surface area contributed by atoms with E-state index in [1.807, 2.05) is 30.0 Å². The molecule has 8 heteroatoms. The number of carbonyl (C=O) groups excluding carboxylic acids is 1. The van der Waals surface area contributed by atoms with Crippen LogP contribution in [0.3, 0.4) is 0 Å². The molecule has 1 atom stereocenters. The van der Waals surface area contributed by atoms with Crippen LogP contribution in [0, 0.1) is 0 Å². The van der Waals surface area contributed by atoms with E-state index < -0.39 is 22.2 Å². The van der Waals surface area contributed by atoms with E-state index in [9.17, 15) is 13.2 Å². The van der Waals surface area contributed by atoms with Gasteiger partial charge in [0.15, 0.2) is 0 Å². The highest BCUT2D eigenvalue weighted by atomic mass is 32.2. The van der Waals surface area contributed by atoms with Crippen LogP contribution in [-0.2, 0) is 15.0 Å². The molecular formula is C17H25N3O3S2. The normalized spacial score (nSPS) is 24.2. The van der Waals surface area contributed by atoms with Crippen molar-refractivity contribution in [1.82, 2.24) is 8.61 Å². The first-order chi connectivity index (χ1) is 12.0. The van der Waals surface area contributed by atoms with E-state index in [1.54, 1.807) is 0 Å². The third kappa shape index (κ3) is 4.36. The number of carbonyl (C=O) groups is 1. The van der Waals surface area contributed by atoms with E-state index in [2.05, 4.69) is 12.1 Å². The van der Waals surface area contributed by atoms with Crippen molar-refractivity contribution < 1.29 is 13.2 Å². The maximum Gasteiger partial charge on any atom is 0.282 e. The van der Waals surface area contributed by atoms with Crippen molar-refractivity contribution in [1.29, 1.82) is 0 Å². The number of hydrogen-bond acceptors (Lipinski definition) is 4. The molecule has 2 heterocycles. The van der Waals surface area contributed by atoms with Gasteiger partial charge < -0.3 is 5.73 Å². The lowest BCUT2D eigenvalue weighted by molar-refractivity contribution is -0.122. The molecule has 6 nitrogen and oxygen atoms in total. The molecule has 0 aliphatic carbocycles. The first-order valence-corrected chi connectivity index (χ1v) is 11.0. The fourth-order valence-electron chi connectivity index (χ4n) is 3.49. The van der Waals surface area contributed by atoms with Gasteiger partial charge >= 0.3 is 0 Å². The highest BCUT2D eigenvalue weighted by Gasteiger charge is 2.40. The molecular weight excluding hydrogens is 358 g/mol. The van der Waals surface area contributed by atoms with E-state index in [0.29, 0.717) is 31.3 Å². The van der Waals surface area contributed by atoms with Crippen molar-refractivity contribution in [3.05, 3.63) is 30.3 Å². The Kier molecular flexibility index (Phi) is 6.04. The minimum atomic E-state index is -3.62. The Labute approximate surface area is 153 Å². The molecule has 0 radical (unpaired) electrons. The third-order valence-corrected chi connectivity index (χ3v) is 8.25. The first-order valence-electron chi connectivity index (χ1n) is 8.76. The van der Waals surface area contributed by atoms with Crippen molar-refractivity contribution >= 4 is 27.9 Å². The maximum absolute atomic E-state index is 13.0. The highest BCUT2D eigenvalue weighted by molar-refractivity contribution is 8.00. The molecule has 1 amide bonds. The van der Waals surface area contributed by atoms with Crippen molar-refractivity contribution in [3.8, 4) is 0 Å². The SMILES string of the molecule is NC(=O)[C@@H]1CCCCN1S(=O)(=O)N1CCC(Sc2ccccc2)CC1. The number of nitrogens with two attached hydrogens (primary N) is 1. The van der Waals surface area contributed by atoms with Gasteiger partial charge in [-0.05, 0) is 37.8 Å². The zero-order valence-corrected chi connectivity index (χ0v) is 15.8. The van der Waals surface area contributed by atoms with Gasteiger partial charge in [0.1, 0.15) is 6.04 Å². The fraction of sp³-hybridized carbons (Fsp3) is 0.588. The average molecular weight is 384 g/mol. The Balaban J connectivity index is 1.62. The summed E-state index contributed by atoms with van der Waals surface area (Å²) in [4.78, 5) is 12.9. The lowest BCUT2D eigenvalue weighted by Crippen LogP contribution is -2.56. The summed E-state index contributed by atoms with van der Waals surface area (Å²) >= 11 is 1.81. The maximum atomic E-state index is 13.0. The summed E-state index contributed by atoms with van der Waals surface area (Å²) in [5.74, 6) is -0.544. The summed E-state index contributed by atoms with van der Waals surface area (Å²) in [6.45, 7) is 1.37. The number of nitrogens with zero attached hydrogens (tertiary/aromatic N) is 2. The molecule has 2 aliphatic rings. The molecule has 25 heavy (non-hydrogen) atoms. The number of benzene rings is 1. The number of piperidine rings is 2. The van der Waals surface area contributed by atoms with E-state index in [0.717, 1.165) is 25.7 Å². The van der Waals surface area contributed by atoms with E-state index >= 15 is 0 Å². The summed E-state index contributed by atoms with van der Waals surface area (Å²) in [5, 5.41) is 0.419. The molecule has 1 aromatic carbocycles. The van der Waals surface area contributed by atoms with Crippen LogP contribution in [0.15, 0.2) is 35.2 Å². The van der Waals surface area contributed by atoms with Gasteiger partial charge in [0, 0.05) is 29.8 Å². The predicted octanol–water partition coefficient (Wildman–Crippen LogP) is 1.83. The minimum Gasteiger partial charge on any atom is -0.368 e. The van der Waals surface area contributed by atoms with Crippen LogP contribution in [0.25, 0.3) is 0 Å². The minimum absolute atomic E-state index is 0.384. The van der Waals surface area contributed by atoms with Crippen LogP contribution in [0.5, 0.6) is 0 Å².